The van der Waals surface area contributed by atoms with Gasteiger partial charge in [-0.05, 0) is 18.2 Å². The molecule has 6 nitrogen and oxygen atoms in total. The van der Waals surface area contributed by atoms with Crippen molar-refractivity contribution in [1.82, 2.24) is 4.98 Å². The Labute approximate surface area is 189 Å². The molecule has 6 heteroatoms. The van der Waals surface area contributed by atoms with E-state index in [1.54, 1.807) is 24.4 Å². The summed E-state index contributed by atoms with van der Waals surface area (Å²) in [4.78, 5) is 17.4. The summed E-state index contributed by atoms with van der Waals surface area (Å²) in [6, 6.07) is 23.7. The van der Waals surface area contributed by atoms with Crippen LogP contribution in [0, 0.1) is 0 Å². The highest BCUT2D eigenvalue weighted by molar-refractivity contribution is 5.88. The van der Waals surface area contributed by atoms with Gasteiger partial charge in [-0.1, -0.05) is 42.5 Å². The van der Waals surface area contributed by atoms with Crippen LogP contribution in [0.5, 0.6) is 17.2 Å². The van der Waals surface area contributed by atoms with Crippen molar-refractivity contribution < 1.29 is 19.0 Å². The normalized spacial score (nSPS) is 11.1. The first kappa shape index (κ1) is 20.7. The van der Waals surface area contributed by atoms with Crippen molar-refractivity contribution in [2.75, 3.05) is 13.2 Å². The number of hydrogen-bond donors (Lipinski definition) is 1. The molecule has 0 aliphatic rings. The lowest BCUT2D eigenvalue weighted by Gasteiger charge is -2.13. The van der Waals surface area contributed by atoms with E-state index in [9.17, 15) is 4.79 Å². The van der Waals surface area contributed by atoms with Crippen LogP contribution in [0.3, 0.4) is 0 Å². The van der Waals surface area contributed by atoms with Crippen LogP contribution in [0.15, 0.2) is 94.3 Å². The molecular weight excluding hydrogens is 418 g/mol. The molecule has 0 saturated carbocycles. The summed E-state index contributed by atoms with van der Waals surface area (Å²) in [6.45, 7) is 0.247. The Balaban J connectivity index is 1.64. The van der Waals surface area contributed by atoms with Crippen molar-refractivity contribution in [2.24, 2.45) is 0 Å². The molecule has 0 spiro atoms. The van der Waals surface area contributed by atoms with Crippen molar-refractivity contribution in [3.63, 3.8) is 0 Å². The van der Waals surface area contributed by atoms with Gasteiger partial charge in [-0.2, -0.15) is 0 Å². The van der Waals surface area contributed by atoms with E-state index in [0.717, 1.165) is 16.5 Å². The number of benzene rings is 3. The molecule has 5 aromatic rings. The standard InChI is InChI=1S/C27H21NO5/c29-13-6-14-31-25-15-19(32-23-11-12-28-21-10-5-4-9-20(21)23)16-26-27(25)22(30)17-24(33-26)18-7-2-1-3-8-18/h1-5,7-12,15-17,29H,6,13-14H2. The van der Waals surface area contributed by atoms with Gasteiger partial charge in [-0.25, -0.2) is 0 Å². The van der Waals surface area contributed by atoms with Crippen molar-refractivity contribution >= 4 is 21.9 Å². The number of aromatic nitrogens is 1. The van der Waals surface area contributed by atoms with Crippen LogP contribution in [0.4, 0.5) is 0 Å². The number of fused-ring (bicyclic) bond motifs is 2. The van der Waals surface area contributed by atoms with Crippen LogP contribution in [0.25, 0.3) is 33.2 Å². The van der Waals surface area contributed by atoms with Gasteiger partial charge in [0, 0.05) is 48.4 Å². The third-order valence-electron chi connectivity index (χ3n) is 5.22. The van der Waals surface area contributed by atoms with Crippen LogP contribution < -0.4 is 14.9 Å². The SMILES string of the molecule is O=c1cc(-c2ccccc2)oc2cc(Oc3ccnc4ccccc34)cc(OCCCO)c12. The molecule has 0 aliphatic carbocycles. The number of nitrogens with zero attached hydrogens (tertiary/aromatic N) is 1. The van der Waals surface area contributed by atoms with Gasteiger partial charge in [0.05, 0.1) is 12.1 Å². The lowest BCUT2D eigenvalue weighted by Crippen LogP contribution is -2.06. The Morgan fingerprint density at radius 2 is 1.73 bits per heavy atom. The molecule has 164 valence electrons. The number of hydrogen-bond acceptors (Lipinski definition) is 6. The van der Waals surface area contributed by atoms with Crippen LogP contribution in [0.1, 0.15) is 6.42 Å². The second-order valence-corrected chi connectivity index (χ2v) is 7.49. The Morgan fingerprint density at radius 3 is 2.58 bits per heavy atom. The topological polar surface area (TPSA) is 81.8 Å². The zero-order valence-electron chi connectivity index (χ0n) is 17.7. The van der Waals surface area contributed by atoms with Crippen molar-refractivity contribution in [3.05, 3.63) is 95.3 Å². The second-order valence-electron chi connectivity index (χ2n) is 7.49. The molecular formula is C27H21NO5. The number of pyridine rings is 1. The van der Waals surface area contributed by atoms with Gasteiger partial charge >= 0.3 is 0 Å². The summed E-state index contributed by atoms with van der Waals surface area (Å²) in [6.07, 6.45) is 2.13. The first-order valence-corrected chi connectivity index (χ1v) is 10.7. The first-order chi connectivity index (χ1) is 16.2. The molecule has 0 radical (unpaired) electrons. The second kappa shape index (κ2) is 9.14. The van der Waals surface area contributed by atoms with Gasteiger partial charge < -0.3 is 19.0 Å². The smallest absolute Gasteiger partial charge is 0.197 e. The molecule has 0 bridgehead atoms. The molecule has 1 N–H and O–H groups in total. The predicted octanol–water partition coefficient (Wildman–Crippen LogP) is 5.56. The summed E-state index contributed by atoms with van der Waals surface area (Å²) < 4.78 is 18.2. The van der Waals surface area contributed by atoms with Crippen LogP contribution in [-0.4, -0.2) is 23.3 Å². The van der Waals surface area contributed by atoms with E-state index in [1.165, 1.54) is 6.07 Å². The zero-order valence-corrected chi connectivity index (χ0v) is 17.7. The van der Waals surface area contributed by atoms with Crippen molar-refractivity contribution in [2.45, 2.75) is 6.42 Å². The van der Waals surface area contributed by atoms with E-state index in [2.05, 4.69) is 4.98 Å². The first-order valence-electron chi connectivity index (χ1n) is 10.7. The largest absolute Gasteiger partial charge is 0.492 e. The fourth-order valence-electron chi connectivity index (χ4n) is 3.68. The highest BCUT2D eigenvalue weighted by Crippen LogP contribution is 2.35. The number of aliphatic hydroxyl groups is 1. The molecule has 2 aromatic heterocycles. The Bertz CT molecular complexity index is 1470. The monoisotopic (exact) mass is 439 g/mol. The highest BCUT2D eigenvalue weighted by Gasteiger charge is 2.15. The average Bonchev–Trinajstić information content (AvgIpc) is 2.84. The summed E-state index contributed by atoms with van der Waals surface area (Å²) in [7, 11) is 0. The summed E-state index contributed by atoms with van der Waals surface area (Å²) in [5, 5.41) is 10.3. The van der Waals surface area contributed by atoms with Crippen LogP contribution >= 0.6 is 0 Å². The molecule has 0 fully saturated rings. The van der Waals surface area contributed by atoms with E-state index in [1.807, 2.05) is 54.6 Å². The summed E-state index contributed by atoms with van der Waals surface area (Å²) >= 11 is 0. The third-order valence-corrected chi connectivity index (χ3v) is 5.22. The number of para-hydroxylation sites is 1. The lowest BCUT2D eigenvalue weighted by atomic mass is 10.1. The molecule has 3 aromatic carbocycles. The Kier molecular flexibility index (Phi) is 5.74. The minimum atomic E-state index is -0.213. The number of rotatable bonds is 7. The van der Waals surface area contributed by atoms with E-state index in [0.29, 0.717) is 40.4 Å². The van der Waals surface area contributed by atoms with E-state index in [4.69, 9.17) is 19.0 Å². The van der Waals surface area contributed by atoms with E-state index < -0.39 is 0 Å². The van der Waals surface area contributed by atoms with Gasteiger partial charge in [-0.15, -0.1) is 0 Å². The molecule has 0 atom stereocenters. The maximum atomic E-state index is 13.0. The average molecular weight is 439 g/mol. The molecule has 0 amide bonds. The molecule has 33 heavy (non-hydrogen) atoms. The quantitative estimate of drug-likeness (QED) is 0.334. The molecule has 0 aliphatic heterocycles. The highest BCUT2D eigenvalue weighted by atomic mass is 16.5. The predicted molar refractivity (Wildman–Crippen MR) is 127 cm³/mol. The van der Waals surface area contributed by atoms with Gasteiger partial charge in [0.25, 0.3) is 0 Å². The van der Waals surface area contributed by atoms with Crippen LogP contribution in [0.2, 0.25) is 0 Å². The fraction of sp³-hybridized carbons (Fsp3) is 0.111. The summed E-state index contributed by atoms with van der Waals surface area (Å²) in [5.74, 6) is 1.90. The number of ether oxygens (including phenoxy) is 2. The fourth-order valence-corrected chi connectivity index (χ4v) is 3.68. The molecule has 0 saturated heterocycles. The van der Waals surface area contributed by atoms with Crippen LogP contribution in [-0.2, 0) is 0 Å². The van der Waals surface area contributed by atoms with Gasteiger partial charge in [-0.3, -0.25) is 9.78 Å². The summed E-state index contributed by atoms with van der Waals surface area (Å²) in [5.41, 5.74) is 1.75. The molecule has 5 rings (SSSR count). The Hall–Kier alpha value is -4.16. The molecule has 0 unspecified atom stereocenters. The Morgan fingerprint density at radius 1 is 0.909 bits per heavy atom. The lowest BCUT2D eigenvalue weighted by molar-refractivity contribution is 0.234. The van der Waals surface area contributed by atoms with Gasteiger partial charge in [0.2, 0.25) is 0 Å². The third kappa shape index (κ3) is 4.29. The zero-order chi connectivity index (χ0) is 22.6. The minimum absolute atomic E-state index is 0.0100. The van der Waals surface area contributed by atoms with Gasteiger partial charge in [0.1, 0.15) is 34.0 Å². The van der Waals surface area contributed by atoms with E-state index in [-0.39, 0.29) is 18.6 Å². The van der Waals surface area contributed by atoms with E-state index >= 15 is 0 Å². The van der Waals surface area contributed by atoms with Gasteiger partial charge in [0.15, 0.2) is 5.43 Å². The maximum Gasteiger partial charge on any atom is 0.197 e. The van der Waals surface area contributed by atoms with Crippen molar-refractivity contribution in [3.8, 4) is 28.6 Å². The maximum absolute atomic E-state index is 13.0. The number of aliphatic hydroxyl groups excluding tert-OH is 1. The molecule has 2 heterocycles. The van der Waals surface area contributed by atoms with Crippen molar-refractivity contribution in [1.29, 1.82) is 0 Å². The minimum Gasteiger partial charge on any atom is -0.492 e.